The zero-order chi connectivity index (χ0) is 22.2. The molecule has 0 atom stereocenters. The highest BCUT2D eigenvalue weighted by Gasteiger charge is 2.23. The first-order valence-electron chi connectivity index (χ1n) is 9.93. The summed E-state index contributed by atoms with van der Waals surface area (Å²) in [4.78, 5) is 24.3. The fourth-order valence-corrected chi connectivity index (χ4v) is 3.99. The highest BCUT2D eigenvalue weighted by molar-refractivity contribution is 6.34. The predicted octanol–water partition coefficient (Wildman–Crippen LogP) is 4.65. The van der Waals surface area contributed by atoms with Crippen molar-refractivity contribution in [1.29, 1.82) is 0 Å². The molecule has 0 heterocycles. The molecule has 3 rings (SSSR count). The van der Waals surface area contributed by atoms with E-state index >= 15 is 0 Å². The summed E-state index contributed by atoms with van der Waals surface area (Å²) in [6.45, 7) is -0.168. The van der Waals surface area contributed by atoms with Gasteiger partial charge in [-0.25, -0.2) is 0 Å². The van der Waals surface area contributed by atoms with Gasteiger partial charge in [-0.3, -0.25) is 9.59 Å². The summed E-state index contributed by atoms with van der Waals surface area (Å²) in [5.74, 6) is 0.657. The Morgan fingerprint density at radius 2 is 1.16 bits per heavy atom. The molecular weight excluding hydrogens is 463 g/mol. The van der Waals surface area contributed by atoms with E-state index in [1.54, 1.807) is 42.5 Å². The molecule has 9 heteroatoms. The SMILES string of the molecule is O=C(COc1ccc(Cl)cc1)N[C@H]1CC[C@H](NC(=O)COc2cc(Cl)cc(Cl)c2)CC1. The molecule has 31 heavy (non-hydrogen) atoms. The molecule has 2 aromatic rings. The lowest BCUT2D eigenvalue weighted by Gasteiger charge is -2.29. The van der Waals surface area contributed by atoms with Crippen LogP contribution >= 0.6 is 34.8 Å². The smallest absolute Gasteiger partial charge is 0.258 e. The summed E-state index contributed by atoms with van der Waals surface area (Å²) < 4.78 is 10.9. The number of carbonyl (C=O) groups excluding carboxylic acids is 2. The summed E-state index contributed by atoms with van der Waals surface area (Å²) in [5.41, 5.74) is 0. The van der Waals surface area contributed by atoms with Gasteiger partial charge in [-0.15, -0.1) is 0 Å². The molecule has 0 spiro atoms. The van der Waals surface area contributed by atoms with Crippen LogP contribution < -0.4 is 20.1 Å². The van der Waals surface area contributed by atoms with Gasteiger partial charge >= 0.3 is 0 Å². The van der Waals surface area contributed by atoms with Gasteiger partial charge in [-0.1, -0.05) is 34.8 Å². The molecule has 0 aliphatic heterocycles. The van der Waals surface area contributed by atoms with Crippen molar-refractivity contribution in [1.82, 2.24) is 10.6 Å². The van der Waals surface area contributed by atoms with E-state index in [0.717, 1.165) is 25.7 Å². The molecular formula is C22H23Cl3N2O4. The molecule has 166 valence electrons. The molecule has 1 fully saturated rings. The van der Waals surface area contributed by atoms with Crippen molar-refractivity contribution < 1.29 is 19.1 Å². The Balaban J connectivity index is 1.32. The standard InChI is InChI=1S/C22H23Cl3N2O4/c23-14-1-7-19(8-2-14)30-12-21(28)26-17-3-5-18(6-4-17)27-22(29)13-31-20-10-15(24)9-16(25)11-20/h1-2,7-11,17-18H,3-6,12-13H2,(H,26,28)(H,27,29)/t17-,18-. The van der Waals surface area contributed by atoms with E-state index in [9.17, 15) is 9.59 Å². The lowest BCUT2D eigenvalue weighted by molar-refractivity contribution is -0.125. The fraction of sp³-hybridized carbons (Fsp3) is 0.364. The van der Waals surface area contributed by atoms with Crippen molar-refractivity contribution in [2.45, 2.75) is 37.8 Å². The van der Waals surface area contributed by atoms with Gasteiger partial charge in [0.05, 0.1) is 0 Å². The van der Waals surface area contributed by atoms with Crippen LogP contribution in [0.5, 0.6) is 11.5 Å². The molecule has 1 aliphatic rings. The predicted molar refractivity (Wildman–Crippen MR) is 121 cm³/mol. The van der Waals surface area contributed by atoms with Crippen LogP contribution in [0.3, 0.4) is 0 Å². The van der Waals surface area contributed by atoms with Gasteiger partial charge in [-0.2, -0.15) is 0 Å². The summed E-state index contributed by atoms with van der Waals surface area (Å²) in [7, 11) is 0. The Hall–Kier alpha value is -2.15. The van der Waals surface area contributed by atoms with Crippen LogP contribution in [-0.2, 0) is 9.59 Å². The minimum Gasteiger partial charge on any atom is -0.484 e. The third kappa shape index (κ3) is 8.13. The second-order valence-electron chi connectivity index (χ2n) is 7.32. The summed E-state index contributed by atoms with van der Waals surface area (Å²) >= 11 is 17.7. The average molecular weight is 486 g/mol. The number of ether oxygens (including phenoxy) is 2. The zero-order valence-corrected chi connectivity index (χ0v) is 19.0. The lowest BCUT2D eigenvalue weighted by Crippen LogP contribution is -2.45. The number of carbonyl (C=O) groups is 2. The first kappa shape index (κ1) is 23.5. The normalized spacial score (nSPS) is 18.2. The Morgan fingerprint density at radius 3 is 1.65 bits per heavy atom. The van der Waals surface area contributed by atoms with Gasteiger partial charge in [-0.05, 0) is 68.1 Å². The van der Waals surface area contributed by atoms with Crippen LogP contribution in [-0.4, -0.2) is 37.1 Å². The largest absolute Gasteiger partial charge is 0.484 e. The third-order valence-corrected chi connectivity index (χ3v) is 5.54. The van der Waals surface area contributed by atoms with Gasteiger partial charge in [0.2, 0.25) is 0 Å². The molecule has 6 nitrogen and oxygen atoms in total. The van der Waals surface area contributed by atoms with E-state index < -0.39 is 0 Å². The summed E-state index contributed by atoms with van der Waals surface area (Å²) in [6.07, 6.45) is 3.11. The Labute approximate surface area is 196 Å². The minimum absolute atomic E-state index is 0.0524. The molecule has 0 saturated heterocycles. The quantitative estimate of drug-likeness (QED) is 0.571. The molecule has 0 aromatic heterocycles. The Morgan fingerprint density at radius 1 is 0.710 bits per heavy atom. The number of rotatable bonds is 8. The van der Waals surface area contributed by atoms with Gasteiger partial charge in [0.25, 0.3) is 11.8 Å². The number of amides is 2. The number of benzene rings is 2. The van der Waals surface area contributed by atoms with Crippen molar-refractivity contribution in [2.24, 2.45) is 0 Å². The molecule has 2 aromatic carbocycles. The van der Waals surface area contributed by atoms with Crippen LogP contribution in [0.2, 0.25) is 15.1 Å². The highest BCUT2D eigenvalue weighted by atomic mass is 35.5. The summed E-state index contributed by atoms with van der Waals surface area (Å²) in [6, 6.07) is 11.8. The van der Waals surface area contributed by atoms with Gasteiger partial charge in [0, 0.05) is 27.2 Å². The maximum absolute atomic E-state index is 12.2. The van der Waals surface area contributed by atoms with E-state index in [4.69, 9.17) is 44.3 Å². The zero-order valence-electron chi connectivity index (χ0n) is 16.7. The van der Waals surface area contributed by atoms with Crippen molar-refractivity contribution in [3.8, 4) is 11.5 Å². The fourth-order valence-electron chi connectivity index (χ4n) is 3.36. The summed E-state index contributed by atoms with van der Waals surface area (Å²) in [5, 5.41) is 7.45. The molecule has 2 amide bonds. The molecule has 1 saturated carbocycles. The maximum Gasteiger partial charge on any atom is 0.258 e. The van der Waals surface area contributed by atoms with Crippen LogP contribution in [0, 0.1) is 0 Å². The lowest BCUT2D eigenvalue weighted by atomic mass is 9.91. The number of hydrogen-bond acceptors (Lipinski definition) is 4. The van der Waals surface area contributed by atoms with E-state index in [1.165, 1.54) is 0 Å². The van der Waals surface area contributed by atoms with E-state index in [2.05, 4.69) is 10.6 Å². The van der Waals surface area contributed by atoms with E-state index in [1.807, 2.05) is 0 Å². The van der Waals surface area contributed by atoms with Gasteiger partial charge in [0.15, 0.2) is 13.2 Å². The van der Waals surface area contributed by atoms with Gasteiger partial charge < -0.3 is 20.1 Å². The molecule has 0 bridgehead atoms. The van der Waals surface area contributed by atoms with Crippen molar-refractivity contribution in [3.63, 3.8) is 0 Å². The van der Waals surface area contributed by atoms with Crippen LogP contribution in [0.4, 0.5) is 0 Å². The molecule has 0 unspecified atom stereocenters. The second-order valence-corrected chi connectivity index (χ2v) is 8.63. The van der Waals surface area contributed by atoms with Crippen LogP contribution in [0.15, 0.2) is 42.5 Å². The van der Waals surface area contributed by atoms with Crippen molar-refractivity contribution >= 4 is 46.6 Å². The van der Waals surface area contributed by atoms with Crippen molar-refractivity contribution in [2.75, 3.05) is 13.2 Å². The van der Waals surface area contributed by atoms with Crippen molar-refractivity contribution in [3.05, 3.63) is 57.5 Å². The molecule has 2 N–H and O–H groups in total. The maximum atomic E-state index is 12.2. The third-order valence-electron chi connectivity index (χ3n) is 4.85. The Bertz CT molecular complexity index is 880. The van der Waals surface area contributed by atoms with Gasteiger partial charge in [0.1, 0.15) is 11.5 Å². The number of nitrogens with one attached hydrogen (secondary N) is 2. The Kier molecular flexibility index (Phi) is 8.69. The average Bonchev–Trinajstić information content (AvgIpc) is 2.73. The topological polar surface area (TPSA) is 76.7 Å². The highest BCUT2D eigenvalue weighted by Crippen LogP contribution is 2.24. The van der Waals surface area contributed by atoms with Crippen LogP contribution in [0.25, 0.3) is 0 Å². The number of halogens is 3. The first-order valence-corrected chi connectivity index (χ1v) is 11.1. The van der Waals surface area contributed by atoms with E-state index in [-0.39, 0.29) is 37.1 Å². The van der Waals surface area contributed by atoms with E-state index in [0.29, 0.717) is 26.6 Å². The second kappa shape index (κ2) is 11.5. The minimum atomic E-state index is -0.208. The monoisotopic (exact) mass is 484 g/mol. The first-order chi connectivity index (χ1) is 14.9. The molecule has 1 aliphatic carbocycles. The number of hydrogen-bond donors (Lipinski definition) is 2. The molecule has 0 radical (unpaired) electrons. The van der Waals surface area contributed by atoms with Crippen LogP contribution in [0.1, 0.15) is 25.7 Å².